The van der Waals surface area contributed by atoms with Gasteiger partial charge in [0.1, 0.15) is 0 Å². The van der Waals surface area contributed by atoms with E-state index in [0.29, 0.717) is 0 Å². The van der Waals surface area contributed by atoms with E-state index in [0.717, 1.165) is 7.35 Å². The van der Waals surface area contributed by atoms with E-state index in [1.54, 1.807) is 45.5 Å². The minimum absolute atomic E-state index is 0.835. The molecule has 0 bridgehead atoms. The third-order valence-electron chi connectivity index (χ3n) is 9.02. The first-order chi connectivity index (χ1) is 19.1. The van der Waals surface area contributed by atoms with E-state index < -0.39 is 46.6 Å². The van der Waals surface area contributed by atoms with E-state index in [1.807, 2.05) is 0 Å². The molecule has 1 saturated heterocycles. The number of allylic oxidation sites excluding steroid dienone is 2. The second-order valence-electron chi connectivity index (χ2n) is 11.6. The molecule has 190 valence electrons. The SMILES string of the molecule is CC1=Cc2c(-c3ccccc3)cccc2[CH]1[Hf][Si]1([Hf][CH]2C(C)=Cc3c(-c4ccccc4)cccc32)CCCC1. The van der Waals surface area contributed by atoms with Crippen LogP contribution in [0.4, 0.5) is 0 Å². The molecule has 1 fully saturated rings. The van der Waals surface area contributed by atoms with Gasteiger partial charge in [0.05, 0.1) is 0 Å². The molecule has 0 amide bonds. The van der Waals surface area contributed by atoms with Crippen molar-refractivity contribution in [2.45, 2.75) is 46.1 Å². The molecule has 1 heterocycles. The Morgan fingerprint density at radius 3 is 1.41 bits per heavy atom. The molecular weight excluding hydrogens is 817 g/mol. The van der Waals surface area contributed by atoms with Crippen molar-refractivity contribution in [1.29, 1.82) is 0 Å². The first-order valence-electron chi connectivity index (χ1n) is 14.4. The standard InChI is InChI=1S/2C16H13.C4H8Si.2Hf/c2*1-12-10-14-8-5-9-15(16(14)11-12)13-6-3-2-4-7-13;1-2-4-5-3-1;;/h2*2-11H,1H3;1-4H2;;. The fraction of sp³-hybridized carbons (Fsp3) is 0.222. The first-order valence-corrected chi connectivity index (χ1v) is 31.7. The van der Waals surface area contributed by atoms with Crippen LogP contribution < -0.4 is 0 Å². The van der Waals surface area contributed by atoms with Gasteiger partial charge in [-0.3, -0.25) is 0 Å². The summed E-state index contributed by atoms with van der Waals surface area (Å²) in [6.07, 6.45) is 8.24. The first kappa shape index (κ1) is 26.2. The van der Waals surface area contributed by atoms with Gasteiger partial charge in [0.25, 0.3) is 0 Å². The molecule has 0 spiro atoms. The molecule has 2 aliphatic carbocycles. The van der Waals surface area contributed by atoms with Crippen LogP contribution in [0.3, 0.4) is 0 Å². The van der Waals surface area contributed by atoms with Crippen molar-refractivity contribution in [3.63, 3.8) is 0 Å². The zero-order valence-electron chi connectivity index (χ0n) is 22.9. The van der Waals surface area contributed by atoms with Crippen LogP contribution in [0.2, 0.25) is 12.1 Å². The topological polar surface area (TPSA) is 0 Å². The van der Waals surface area contributed by atoms with Gasteiger partial charge < -0.3 is 0 Å². The van der Waals surface area contributed by atoms with E-state index in [1.165, 1.54) is 35.1 Å². The van der Waals surface area contributed by atoms with E-state index in [9.17, 15) is 0 Å². The Morgan fingerprint density at radius 2 is 0.974 bits per heavy atom. The second kappa shape index (κ2) is 11.0. The van der Waals surface area contributed by atoms with Gasteiger partial charge in [0.2, 0.25) is 0 Å². The Bertz CT molecular complexity index is 1460. The van der Waals surface area contributed by atoms with Crippen molar-refractivity contribution in [3.8, 4) is 22.3 Å². The van der Waals surface area contributed by atoms with Crippen molar-refractivity contribution in [2.75, 3.05) is 0 Å². The van der Waals surface area contributed by atoms with Crippen molar-refractivity contribution in [3.05, 3.63) is 130 Å². The summed E-state index contributed by atoms with van der Waals surface area (Å²) in [5.41, 5.74) is 15.5. The third-order valence-corrected chi connectivity index (χ3v) is 73.0. The third kappa shape index (κ3) is 4.91. The van der Waals surface area contributed by atoms with Crippen LogP contribution in [-0.4, -0.2) is 2.45 Å². The van der Waals surface area contributed by atoms with E-state index in [-0.39, 0.29) is 0 Å². The van der Waals surface area contributed by atoms with Crippen molar-refractivity contribution >= 4 is 14.6 Å². The summed E-state index contributed by atoms with van der Waals surface area (Å²) in [5, 5.41) is 0. The normalized spacial score (nSPS) is 20.7. The van der Waals surface area contributed by atoms with Crippen molar-refractivity contribution in [1.82, 2.24) is 0 Å². The van der Waals surface area contributed by atoms with E-state index in [4.69, 9.17) is 0 Å². The molecule has 4 aromatic carbocycles. The predicted molar refractivity (Wildman–Crippen MR) is 161 cm³/mol. The van der Waals surface area contributed by atoms with Crippen LogP contribution in [0.15, 0.2) is 108 Å². The van der Waals surface area contributed by atoms with E-state index >= 15 is 0 Å². The molecule has 3 aliphatic rings. The molecule has 0 radical (unpaired) electrons. The maximum absolute atomic E-state index is 2.59. The Kier molecular flexibility index (Phi) is 7.37. The van der Waals surface area contributed by atoms with Gasteiger partial charge in [0.15, 0.2) is 0 Å². The van der Waals surface area contributed by atoms with Gasteiger partial charge in [-0.2, -0.15) is 0 Å². The molecular formula is C36H34Hf2Si. The van der Waals surface area contributed by atoms with Crippen molar-refractivity contribution < 1.29 is 44.1 Å². The van der Waals surface area contributed by atoms with Crippen LogP contribution in [0.1, 0.15) is 56.3 Å². The molecule has 2 atom stereocenters. The summed E-state index contributed by atoms with van der Waals surface area (Å²) in [6.45, 7) is 4.94. The summed E-state index contributed by atoms with van der Waals surface area (Å²) in [5.74, 6) is 0. The molecule has 3 heteroatoms. The Morgan fingerprint density at radius 1 is 0.538 bits per heavy atom. The fourth-order valence-corrected chi connectivity index (χ4v) is 81.7. The minimum atomic E-state index is -1.07. The average Bonchev–Trinajstić information content (AvgIpc) is 3.66. The molecule has 0 nitrogen and oxygen atoms in total. The fourth-order valence-electron chi connectivity index (χ4n) is 7.09. The number of hydrogen-bond acceptors (Lipinski definition) is 0. The molecule has 4 aromatic rings. The molecule has 39 heavy (non-hydrogen) atoms. The zero-order valence-corrected chi connectivity index (χ0v) is 31.1. The van der Waals surface area contributed by atoms with Crippen LogP contribution in [0, 0.1) is 0 Å². The average molecular weight is 852 g/mol. The van der Waals surface area contributed by atoms with Crippen molar-refractivity contribution in [2.24, 2.45) is 0 Å². The number of hydrogen-bond donors (Lipinski definition) is 0. The summed E-state index contributed by atoms with van der Waals surface area (Å²) < 4.78 is 0.601. The van der Waals surface area contributed by atoms with Crippen LogP contribution >= 0.6 is 0 Å². The van der Waals surface area contributed by atoms with Gasteiger partial charge in [-0.25, -0.2) is 0 Å². The predicted octanol–water partition coefficient (Wildman–Crippen LogP) is 10.0. The Hall–Kier alpha value is -1.68. The van der Waals surface area contributed by atoms with Crippen LogP contribution in [0.25, 0.3) is 34.4 Å². The zero-order chi connectivity index (χ0) is 26.4. The van der Waals surface area contributed by atoms with Gasteiger partial charge in [-0.05, 0) is 0 Å². The quantitative estimate of drug-likeness (QED) is 0.170. The monoisotopic (exact) mass is 854 g/mol. The molecule has 2 unspecified atom stereocenters. The Balaban J connectivity index is 1.21. The van der Waals surface area contributed by atoms with Gasteiger partial charge >= 0.3 is 258 Å². The molecule has 7 rings (SSSR count). The maximum atomic E-state index is 2.59. The summed E-state index contributed by atoms with van der Waals surface area (Å²) in [6, 6.07) is 39.9. The van der Waals surface area contributed by atoms with Crippen LogP contribution in [0.5, 0.6) is 0 Å². The van der Waals surface area contributed by atoms with E-state index in [2.05, 4.69) is 123 Å². The molecule has 0 aromatic heterocycles. The van der Waals surface area contributed by atoms with Gasteiger partial charge in [-0.1, -0.05) is 0 Å². The second-order valence-corrected chi connectivity index (χ2v) is 65.7. The number of rotatable bonds is 6. The molecule has 1 aliphatic heterocycles. The van der Waals surface area contributed by atoms with Gasteiger partial charge in [0, 0.05) is 0 Å². The molecule has 0 N–H and O–H groups in total. The number of fused-ring (bicyclic) bond motifs is 2. The summed E-state index contributed by atoms with van der Waals surface area (Å²) >= 11 is -1.71. The van der Waals surface area contributed by atoms with Crippen LogP contribution in [-0.2, 0) is 44.1 Å². The summed E-state index contributed by atoms with van der Waals surface area (Å²) in [7, 11) is 0. The summed E-state index contributed by atoms with van der Waals surface area (Å²) in [4.78, 5) is 0. The Labute approximate surface area is 255 Å². The number of benzene rings is 4. The van der Waals surface area contributed by atoms with Gasteiger partial charge in [-0.15, -0.1) is 0 Å². The molecule has 0 saturated carbocycles.